The van der Waals surface area contributed by atoms with E-state index in [0.717, 1.165) is 24.6 Å². The Morgan fingerprint density at radius 3 is 2.17 bits per heavy atom. The van der Waals surface area contributed by atoms with E-state index in [2.05, 4.69) is 48.3 Å². The molecule has 0 radical (unpaired) electrons. The summed E-state index contributed by atoms with van der Waals surface area (Å²) in [5.74, 6) is 2.87. The largest absolute Gasteiger partial charge is 0.368 e. The zero-order valence-corrected chi connectivity index (χ0v) is 12.2. The van der Waals surface area contributed by atoms with Gasteiger partial charge in [-0.15, -0.1) is 0 Å². The van der Waals surface area contributed by atoms with E-state index in [1.807, 2.05) is 19.4 Å². The van der Waals surface area contributed by atoms with Crippen LogP contribution in [0.2, 0.25) is 0 Å². The highest BCUT2D eigenvalue weighted by Gasteiger charge is 2.17. The van der Waals surface area contributed by atoms with Crippen LogP contribution in [0.4, 0.5) is 5.82 Å². The fourth-order valence-corrected chi connectivity index (χ4v) is 2.18. The van der Waals surface area contributed by atoms with Crippen LogP contribution < -0.4 is 10.6 Å². The molecule has 102 valence electrons. The van der Waals surface area contributed by atoms with Gasteiger partial charge in [-0.25, -0.2) is 4.98 Å². The molecule has 1 rings (SSSR count). The Morgan fingerprint density at radius 1 is 1.06 bits per heavy atom. The van der Waals surface area contributed by atoms with E-state index in [1.54, 1.807) is 0 Å². The average molecular weight is 250 g/mol. The Kier molecular flexibility index (Phi) is 6.05. The molecule has 0 atom stereocenters. The third kappa shape index (κ3) is 4.61. The van der Waals surface area contributed by atoms with E-state index in [-0.39, 0.29) is 0 Å². The van der Waals surface area contributed by atoms with Crippen LogP contribution in [0.15, 0.2) is 12.4 Å². The zero-order valence-electron chi connectivity index (χ0n) is 12.2. The second-order valence-electron chi connectivity index (χ2n) is 5.46. The first-order chi connectivity index (χ1) is 8.54. The van der Waals surface area contributed by atoms with Gasteiger partial charge in [-0.2, -0.15) is 0 Å². The average Bonchev–Trinajstić information content (AvgIpc) is 2.31. The van der Waals surface area contributed by atoms with Crippen LogP contribution in [-0.2, 0) is 6.54 Å². The fraction of sp³-hybridized carbons (Fsp3) is 0.714. The predicted molar refractivity (Wildman–Crippen MR) is 76.5 cm³/mol. The van der Waals surface area contributed by atoms with Crippen LogP contribution in [0.5, 0.6) is 0 Å². The molecule has 0 spiro atoms. The molecule has 0 amide bonds. The van der Waals surface area contributed by atoms with Gasteiger partial charge in [0, 0.05) is 13.1 Å². The van der Waals surface area contributed by atoms with E-state index in [9.17, 15) is 0 Å². The quantitative estimate of drug-likeness (QED) is 0.781. The van der Waals surface area contributed by atoms with Gasteiger partial charge in [0.2, 0.25) is 0 Å². The van der Waals surface area contributed by atoms with Gasteiger partial charge >= 0.3 is 0 Å². The van der Waals surface area contributed by atoms with Gasteiger partial charge in [0.1, 0.15) is 5.82 Å². The lowest BCUT2D eigenvalue weighted by Gasteiger charge is -2.25. The van der Waals surface area contributed by atoms with Crippen molar-refractivity contribution in [2.24, 2.45) is 17.8 Å². The van der Waals surface area contributed by atoms with Gasteiger partial charge in [0.15, 0.2) is 0 Å². The Labute approximate surface area is 111 Å². The van der Waals surface area contributed by atoms with Gasteiger partial charge in [0.05, 0.1) is 18.1 Å². The molecular weight excluding hydrogens is 224 g/mol. The van der Waals surface area contributed by atoms with Gasteiger partial charge in [0.25, 0.3) is 0 Å². The van der Waals surface area contributed by atoms with Crippen LogP contribution in [-0.4, -0.2) is 23.6 Å². The summed E-state index contributed by atoms with van der Waals surface area (Å²) in [7, 11) is 1.91. The molecule has 2 N–H and O–H groups in total. The minimum Gasteiger partial charge on any atom is -0.368 e. The molecule has 4 heteroatoms. The summed E-state index contributed by atoms with van der Waals surface area (Å²) in [4.78, 5) is 8.72. The summed E-state index contributed by atoms with van der Waals surface area (Å²) in [6, 6.07) is 0. The molecule has 0 saturated heterocycles. The first-order valence-corrected chi connectivity index (χ1v) is 6.74. The monoisotopic (exact) mass is 250 g/mol. The molecule has 1 heterocycles. The van der Waals surface area contributed by atoms with Gasteiger partial charge in [-0.1, -0.05) is 27.7 Å². The lowest BCUT2D eigenvalue weighted by Crippen LogP contribution is -2.25. The Bertz CT molecular complexity index is 324. The SMILES string of the molecule is CNCc1cnc(NCC(C(C)C)C(C)C)cn1. The number of nitrogens with one attached hydrogen (secondary N) is 2. The summed E-state index contributed by atoms with van der Waals surface area (Å²) in [6.45, 7) is 10.8. The first kappa shape index (κ1) is 14.9. The van der Waals surface area contributed by atoms with Crippen molar-refractivity contribution in [2.75, 3.05) is 18.9 Å². The van der Waals surface area contributed by atoms with E-state index >= 15 is 0 Å². The van der Waals surface area contributed by atoms with Crippen LogP contribution >= 0.6 is 0 Å². The third-order valence-corrected chi connectivity index (χ3v) is 3.29. The van der Waals surface area contributed by atoms with E-state index in [4.69, 9.17) is 0 Å². The predicted octanol–water partition coefficient (Wildman–Crippen LogP) is 2.54. The van der Waals surface area contributed by atoms with Crippen LogP contribution in [0.25, 0.3) is 0 Å². The maximum Gasteiger partial charge on any atom is 0.144 e. The Hall–Kier alpha value is -1.16. The summed E-state index contributed by atoms with van der Waals surface area (Å²) in [5.41, 5.74) is 0.965. The van der Waals surface area contributed by atoms with Crippen LogP contribution in [0.1, 0.15) is 33.4 Å². The maximum absolute atomic E-state index is 4.37. The van der Waals surface area contributed by atoms with Crippen molar-refractivity contribution in [3.63, 3.8) is 0 Å². The second kappa shape index (κ2) is 7.31. The lowest BCUT2D eigenvalue weighted by molar-refractivity contribution is 0.304. The number of anilines is 1. The van der Waals surface area contributed by atoms with Crippen LogP contribution in [0.3, 0.4) is 0 Å². The molecule has 4 nitrogen and oxygen atoms in total. The molecule has 0 saturated carbocycles. The number of rotatable bonds is 7. The van der Waals surface area contributed by atoms with E-state index in [1.165, 1.54) is 0 Å². The standard InChI is InChI=1S/C14H26N4/c1-10(2)13(11(3)4)8-18-14-9-16-12(6-15-5)7-17-14/h7,9-11,13,15H,6,8H2,1-5H3,(H,17,18). The highest BCUT2D eigenvalue weighted by Crippen LogP contribution is 2.20. The Balaban J connectivity index is 2.51. The topological polar surface area (TPSA) is 49.8 Å². The highest BCUT2D eigenvalue weighted by atomic mass is 15.0. The molecule has 0 aliphatic rings. The van der Waals surface area contributed by atoms with Gasteiger partial charge in [-0.3, -0.25) is 4.98 Å². The number of nitrogens with zero attached hydrogens (tertiary/aromatic N) is 2. The molecule has 1 aromatic rings. The molecule has 18 heavy (non-hydrogen) atoms. The van der Waals surface area contributed by atoms with Crippen molar-refractivity contribution in [1.82, 2.24) is 15.3 Å². The van der Waals surface area contributed by atoms with E-state index in [0.29, 0.717) is 17.8 Å². The highest BCUT2D eigenvalue weighted by molar-refractivity contribution is 5.31. The van der Waals surface area contributed by atoms with Crippen LogP contribution in [0, 0.1) is 17.8 Å². The number of aromatic nitrogens is 2. The molecule has 0 fully saturated rings. The molecular formula is C14H26N4. The maximum atomic E-state index is 4.37. The number of hydrogen-bond acceptors (Lipinski definition) is 4. The molecule has 0 unspecified atom stereocenters. The zero-order chi connectivity index (χ0) is 13.5. The summed E-state index contributed by atoms with van der Waals surface area (Å²) >= 11 is 0. The minimum absolute atomic E-state index is 0.656. The molecule has 0 aliphatic heterocycles. The Morgan fingerprint density at radius 2 is 1.72 bits per heavy atom. The van der Waals surface area contributed by atoms with Gasteiger partial charge in [-0.05, 0) is 24.8 Å². The summed E-state index contributed by atoms with van der Waals surface area (Å²) < 4.78 is 0. The third-order valence-electron chi connectivity index (χ3n) is 3.29. The first-order valence-electron chi connectivity index (χ1n) is 6.74. The van der Waals surface area contributed by atoms with Crippen molar-refractivity contribution < 1.29 is 0 Å². The minimum atomic E-state index is 0.656. The lowest BCUT2D eigenvalue weighted by atomic mass is 9.85. The number of hydrogen-bond donors (Lipinski definition) is 2. The van der Waals surface area contributed by atoms with Crippen molar-refractivity contribution in [1.29, 1.82) is 0 Å². The van der Waals surface area contributed by atoms with E-state index < -0.39 is 0 Å². The van der Waals surface area contributed by atoms with Gasteiger partial charge < -0.3 is 10.6 Å². The smallest absolute Gasteiger partial charge is 0.144 e. The molecule has 1 aromatic heterocycles. The summed E-state index contributed by atoms with van der Waals surface area (Å²) in [5, 5.41) is 6.44. The molecule has 0 bridgehead atoms. The molecule has 0 aliphatic carbocycles. The fourth-order valence-electron chi connectivity index (χ4n) is 2.18. The van der Waals surface area contributed by atoms with Crippen molar-refractivity contribution in [3.05, 3.63) is 18.1 Å². The van der Waals surface area contributed by atoms with Crippen molar-refractivity contribution in [2.45, 2.75) is 34.2 Å². The molecule has 0 aromatic carbocycles. The second-order valence-corrected chi connectivity index (χ2v) is 5.46. The van der Waals surface area contributed by atoms with Crippen molar-refractivity contribution in [3.8, 4) is 0 Å². The summed E-state index contributed by atoms with van der Waals surface area (Å²) in [6.07, 6.45) is 3.63. The normalized spacial score (nSPS) is 11.6. The van der Waals surface area contributed by atoms with Crippen molar-refractivity contribution >= 4 is 5.82 Å².